The van der Waals surface area contributed by atoms with Gasteiger partial charge in [-0.15, -0.1) is 0 Å². The average molecular weight is 440 g/mol. The molecule has 8 nitrogen and oxygen atoms in total. The van der Waals surface area contributed by atoms with E-state index in [0.29, 0.717) is 36.6 Å². The Kier molecular flexibility index (Phi) is 5.88. The van der Waals surface area contributed by atoms with Crippen LogP contribution in [0.4, 0.5) is 5.95 Å². The summed E-state index contributed by atoms with van der Waals surface area (Å²) in [7, 11) is -1.77. The summed E-state index contributed by atoms with van der Waals surface area (Å²) in [5.41, 5.74) is 2.99. The minimum absolute atomic E-state index is 0.215. The van der Waals surface area contributed by atoms with Crippen molar-refractivity contribution in [3.8, 4) is 0 Å². The van der Waals surface area contributed by atoms with E-state index in [1.807, 2.05) is 31.0 Å². The van der Waals surface area contributed by atoms with Crippen LogP contribution in [0.1, 0.15) is 22.4 Å². The molecule has 1 aromatic carbocycles. The molecule has 3 heterocycles. The van der Waals surface area contributed by atoms with Crippen LogP contribution in [0.15, 0.2) is 58.5 Å². The number of hydrogen-bond acceptors (Lipinski definition) is 6. The lowest BCUT2D eigenvalue weighted by Gasteiger charge is -2.20. The number of fused-ring (bicyclic) bond motifs is 1. The molecule has 0 bridgehead atoms. The molecule has 0 amide bonds. The molecule has 0 saturated carbocycles. The number of pyridine rings is 1. The van der Waals surface area contributed by atoms with E-state index in [4.69, 9.17) is 0 Å². The van der Waals surface area contributed by atoms with Crippen molar-refractivity contribution in [3.63, 3.8) is 0 Å². The van der Waals surface area contributed by atoms with Crippen LogP contribution in [0, 0.1) is 6.92 Å². The maximum absolute atomic E-state index is 13.1. The van der Waals surface area contributed by atoms with Crippen molar-refractivity contribution in [1.29, 1.82) is 0 Å². The number of anilines is 1. The monoisotopic (exact) mass is 439 g/mol. The van der Waals surface area contributed by atoms with E-state index in [1.54, 1.807) is 36.7 Å². The van der Waals surface area contributed by atoms with Crippen LogP contribution in [0.5, 0.6) is 0 Å². The van der Waals surface area contributed by atoms with Gasteiger partial charge in [0.05, 0.1) is 10.6 Å². The largest absolute Gasteiger partial charge is 0.341 e. The Morgan fingerprint density at radius 3 is 2.58 bits per heavy atom. The van der Waals surface area contributed by atoms with Gasteiger partial charge in [0.25, 0.3) is 5.56 Å². The number of nitrogens with zero attached hydrogens (tertiary/aromatic N) is 4. The number of rotatable bonds is 5. The van der Waals surface area contributed by atoms with E-state index in [1.165, 1.54) is 4.31 Å². The third-order valence-corrected chi connectivity index (χ3v) is 7.37. The fraction of sp³-hybridized carbons (Fsp3) is 0.318. The molecule has 4 rings (SSSR count). The number of aromatic amines is 1. The summed E-state index contributed by atoms with van der Waals surface area (Å²) in [5, 5.41) is 0. The summed E-state index contributed by atoms with van der Waals surface area (Å²) >= 11 is 0. The second-order valence-electron chi connectivity index (χ2n) is 7.75. The predicted octanol–water partition coefficient (Wildman–Crippen LogP) is 1.90. The van der Waals surface area contributed by atoms with Crippen LogP contribution < -0.4 is 10.5 Å². The number of benzene rings is 1. The highest BCUT2D eigenvalue weighted by Gasteiger charge is 2.28. The smallest absolute Gasteiger partial charge is 0.255 e. The lowest BCUT2D eigenvalue weighted by molar-refractivity contribution is 0.426. The fourth-order valence-corrected chi connectivity index (χ4v) is 5.14. The maximum atomic E-state index is 13.1. The first-order valence-electron chi connectivity index (χ1n) is 10.1. The van der Waals surface area contributed by atoms with E-state index in [2.05, 4.69) is 15.0 Å². The van der Waals surface area contributed by atoms with Gasteiger partial charge in [-0.25, -0.2) is 13.4 Å². The van der Waals surface area contributed by atoms with E-state index in [9.17, 15) is 13.2 Å². The molecule has 1 aliphatic rings. The van der Waals surface area contributed by atoms with Gasteiger partial charge in [0.1, 0.15) is 0 Å². The summed E-state index contributed by atoms with van der Waals surface area (Å²) in [4.78, 5) is 26.5. The summed E-state index contributed by atoms with van der Waals surface area (Å²) < 4.78 is 27.6. The van der Waals surface area contributed by atoms with Gasteiger partial charge in [-0.2, -0.15) is 4.31 Å². The van der Waals surface area contributed by atoms with Crippen LogP contribution >= 0.6 is 0 Å². The highest BCUT2D eigenvalue weighted by atomic mass is 32.2. The van der Waals surface area contributed by atoms with Gasteiger partial charge < -0.3 is 4.90 Å². The quantitative estimate of drug-likeness (QED) is 0.652. The first-order valence-corrected chi connectivity index (χ1v) is 11.6. The van der Waals surface area contributed by atoms with Crippen molar-refractivity contribution in [2.75, 3.05) is 25.0 Å². The number of hydrogen-bond donors (Lipinski definition) is 1. The van der Waals surface area contributed by atoms with Crippen molar-refractivity contribution in [3.05, 3.63) is 81.5 Å². The molecule has 1 N–H and O–H groups in total. The minimum Gasteiger partial charge on any atom is -0.341 e. The van der Waals surface area contributed by atoms with Gasteiger partial charge in [0, 0.05) is 51.1 Å². The van der Waals surface area contributed by atoms with Gasteiger partial charge in [-0.1, -0.05) is 23.8 Å². The molecule has 0 aliphatic carbocycles. The van der Waals surface area contributed by atoms with E-state index < -0.39 is 10.0 Å². The average Bonchev–Trinajstić information content (AvgIpc) is 2.98. The number of H-pyrrole nitrogens is 1. The number of aromatic nitrogens is 3. The van der Waals surface area contributed by atoms with Gasteiger partial charge in [0.15, 0.2) is 0 Å². The third-order valence-electron chi connectivity index (χ3n) is 5.46. The molecule has 162 valence electrons. The van der Waals surface area contributed by atoms with Crippen molar-refractivity contribution in [1.82, 2.24) is 19.3 Å². The molecule has 0 spiro atoms. The summed E-state index contributed by atoms with van der Waals surface area (Å²) in [6.07, 6.45) is 4.20. The Morgan fingerprint density at radius 1 is 1.13 bits per heavy atom. The van der Waals surface area contributed by atoms with Gasteiger partial charge in [0.2, 0.25) is 16.0 Å². The Labute approximate surface area is 181 Å². The standard InChI is InChI=1S/C22H25N5O3S/c1-16-5-7-18(8-6-16)31(29,30)27-12-9-19-20(10-13-27)24-22(25-21(19)28)26(2)15-17-4-3-11-23-14-17/h3-8,11,14H,9-10,12-13,15H2,1-2H3,(H,24,25,28). The number of sulfonamides is 1. The summed E-state index contributed by atoms with van der Waals surface area (Å²) in [6.45, 7) is 2.99. The van der Waals surface area contributed by atoms with Crippen LogP contribution in [-0.2, 0) is 29.4 Å². The van der Waals surface area contributed by atoms with Crippen molar-refractivity contribution >= 4 is 16.0 Å². The first kappa shape index (κ1) is 21.2. The lowest BCUT2D eigenvalue weighted by atomic mass is 10.1. The van der Waals surface area contributed by atoms with Crippen LogP contribution in [0.2, 0.25) is 0 Å². The normalized spacial score (nSPS) is 14.6. The van der Waals surface area contributed by atoms with E-state index in [-0.39, 0.29) is 23.5 Å². The Morgan fingerprint density at radius 2 is 1.87 bits per heavy atom. The van der Waals surface area contributed by atoms with Crippen LogP contribution in [-0.4, -0.2) is 47.8 Å². The molecular formula is C22H25N5O3S. The molecule has 0 atom stereocenters. The molecule has 1 aliphatic heterocycles. The highest BCUT2D eigenvalue weighted by Crippen LogP contribution is 2.21. The van der Waals surface area contributed by atoms with Crippen molar-refractivity contribution < 1.29 is 8.42 Å². The molecule has 0 radical (unpaired) electrons. The predicted molar refractivity (Wildman–Crippen MR) is 119 cm³/mol. The molecular weight excluding hydrogens is 414 g/mol. The highest BCUT2D eigenvalue weighted by molar-refractivity contribution is 7.89. The Bertz CT molecular complexity index is 1220. The van der Waals surface area contributed by atoms with Gasteiger partial charge in [-0.3, -0.25) is 14.8 Å². The molecule has 31 heavy (non-hydrogen) atoms. The summed E-state index contributed by atoms with van der Waals surface area (Å²) in [5.74, 6) is 0.461. The van der Waals surface area contributed by atoms with Gasteiger partial charge in [-0.05, 0) is 37.1 Å². The zero-order chi connectivity index (χ0) is 22.0. The number of nitrogens with one attached hydrogen (secondary N) is 1. The van der Waals surface area contributed by atoms with E-state index >= 15 is 0 Å². The molecule has 0 unspecified atom stereocenters. The van der Waals surface area contributed by atoms with Crippen molar-refractivity contribution in [2.45, 2.75) is 31.2 Å². The Hall–Kier alpha value is -3.04. The SMILES string of the molecule is Cc1ccc(S(=O)(=O)N2CCc3nc(N(C)Cc4cccnc4)[nH]c(=O)c3CC2)cc1. The second-order valence-corrected chi connectivity index (χ2v) is 9.69. The van der Waals surface area contributed by atoms with Crippen molar-refractivity contribution in [2.24, 2.45) is 0 Å². The molecule has 0 fully saturated rings. The zero-order valence-electron chi connectivity index (χ0n) is 17.6. The molecule has 9 heteroatoms. The number of aryl methyl sites for hydroxylation is 1. The Balaban J connectivity index is 1.56. The third kappa shape index (κ3) is 4.52. The maximum Gasteiger partial charge on any atom is 0.255 e. The first-order chi connectivity index (χ1) is 14.8. The van der Waals surface area contributed by atoms with Crippen LogP contribution in [0.3, 0.4) is 0 Å². The summed E-state index contributed by atoms with van der Waals surface area (Å²) in [6, 6.07) is 10.6. The molecule has 2 aromatic heterocycles. The molecule has 3 aromatic rings. The molecule has 0 saturated heterocycles. The fourth-order valence-electron chi connectivity index (χ4n) is 3.70. The van der Waals surface area contributed by atoms with Crippen LogP contribution in [0.25, 0.3) is 0 Å². The zero-order valence-corrected chi connectivity index (χ0v) is 18.4. The minimum atomic E-state index is -3.62. The topological polar surface area (TPSA) is 99.3 Å². The lowest BCUT2D eigenvalue weighted by Crippen LogP contribution is -2.33. The van der Waals surface area contributed by atoms with E-state index in [0.717, 1.165) is 11.1 Å². The second kappa shape index (κ2) is 8.60. The van der Waals surface area contributed by atoms with Gasteiger partial charge >= 0.3 is 0 Å².